The van der Waals surface area contributed by atoms with Gasteiger partial charge in [0.15, 0.2) is 0 Å². The number of rotatable bonds is 0. The first-order chi connectivity index (χ1) is 15.8. The van der Waals surface area contributed by atoms with Gasteiger partial charge in [-0.05, 0) is 94.4 Å². The highest BCUT2D eigenvalue weighted by Gasteiger charge is 2.55. The average Bonchev–Trinajstić information content (AvgIpc) is 2.84. The molecule has 1 unspecified atom stereocenters. The van der Waals surface area contributed by atoms with Gasteiger partial charge in [-0.25, -0.2) is 0 Å². The van der Waals surface area contributed by atoms with Crippen LogP contribution in [0.1, 0.15) is 70.6 Å². The summed E-state index contributed by atoms with van der Waals surface area (Å²) < 4.78 is 0. The molecule has 4 bridgehead atoms. The molecule has 1 saturated carbocycles. The molecular formula is C30H44N2. The molecule has 4 aliphatic heterocycles. The van der Waals surface area contributed by atoms with E-state index in [-0.39, 0.29) is 0 Å². The number of piperidine rings is 2. The van der Waals surface area contributed by atoms with E-state index in [1.165, 1.54) is 84.1 Å². The Morgan fingerprint density at radius 2 is 1.53 bits per heavy atom. The number of nitrogens with zero attached hydrogens (tertiary/aromatic N) is 2. The van der Waals surface area contributed by atoms with Crippen molar-refractivity contribution in [1.29, 1.82) is 0 Å². The van der Waals surface area contributed by atoms with Crippen LogP contribution in [0.15, 0.2) is 60.3 Å². The predicted molar refractivity (Wildman–Crippen MR) is 137 cm³/mol. The molecule has 3 fully saturated rings. The molecule has 174 valence electrons. The molecule has 0 aromatic carbocycles. The maximum absolute atomic E-state index is 2.95. The summed E-state index contributed by atoms with van der Waals surface area (Å²) in [7, 11) is 0. The molecular weight excluding hydrogens is 388 g/mol. The van der Waals surface area contributed by atoms with Crippen LogP contribution in [-0.2, 0) is 0 Å². The van der Waals surface area contributed by atoms with Crippen molar-refractivity contribution in [2.24, 2.45) is 17.3 Å². The maximum atomic E-state index is 2.95. The van der Waals surface area contributed by atoms with Gasteiger partial charge < -0.3 is 4.90 Å². The van der Waals surface area contributed by atoms with E-state index < -0.39 is 0 Å². The standard InChI is InChI=1S/C30H44N2/c1-2-4-7-11-15-19-31-23-27-21-26-17-13-9-5-8-12-16-20-32-25-30(24-31,18-14-10-6-3-1)28(27)22-29(26)32/h1-2,5-7,9-11,17,27-29H,3-4,8,12-16,18-25H2/b2-1-,9-5-,10-6-,11-7-,26-17-/t27-,28+,29+,30-/m0/s1. The van der Waals surface area contributed by atoms with E-state index in [9.17, 15) is 0 Å². The lowest BCUT2D eigenvalue weighted by Crippen LogP contribution is -2.65. The normalized spacial score (nSPS) is 44.4. The molecule has 5 atom stereocenters. The van der Waals surface area contributed by atoms with Gasteiger partial charge in [0.2, 0.25) is 0 Å². The predicted octanol–water partition coefficient (Wildman–Crippen LogP) is 6.69. The first-order valence-electron chi connectivity index (χ1n) is 13.6. The van der Waals surface area contributed by atoms with Crippen LogP contribution in [0, 0.1) is 17.3 Å². The molecule has 2 saturated heterocycles. The van der Waals surface area contributed by atoms with E-state index in [1.807, 2.05) is 0 Å². The quantitative estimate of drug-likeness (QED) is 0.394. The Bertz CT molecular complexity index is 772. The molecule has 2 nitrogen and oxygen atoms in total. The lowest BCUT2D eigenvalue weighted by molar-refractivity contribution is -0.107. The summed E-state index contributed by atoms with van der Waals surface area (Å²) in [5.74, 6) is 1.80. The van der Waals surface area contributed by atoms with Crippen molar-refractivity contribution in [3.8, 4) is 0 Å². The van der Waals surface area contributed by atoms with Gasteiger partial charge >= 0.3 is 0 Å². The lowest BCUT2D eigenvalue weighted by atomic mass is 9.54. The van der Waals surface area contributed by atoms with Gasteiger partial charge in [0.25, 0.3) is 0 Å². The zero-order valence-corrected chi connectivity index (χ0v) is 20.1. The van der Waals surface area contributed by atoms with Crippen molar-refractivity contribution in [2.75, 3.05) is 32.7 Å². The van der Waals surface area contributed by atoms with Gasteiger partial charge in [0, 0.05) is 32.2 Å². The van der Waals surface area contributed by atoms with E-state index in [4.69, 9.17) is 0 Å². The summed E-state index contributed by atoms with van der Waals surface area (Å²) in [6, 6.07) is 0.736. The number of hydrogen-bond donors (Lipinski definition) is 0. The monoisotopic (exact) mass is 432 g/mol. The maximum Gasteiger partial charge on any atom is 0.0310 e. The minimum Gasteiger partial charge on any atom is -0.302 e. The summed E-state index contributed by atoms with van der Waals surface area (Å²) in [5.41, 5.74) is 2.28. The summed E-state index contributed by atoms with van der Waals surface area (Å²) in [6.45, 7) is 6.54. The molecule has 0 N–H and O–H groups in total. The summed E-state index contributed by atoms with van der Waals surface area (Å²) in [6.07, 6.45) is 35.7. The largest absolute Gasteiger partial charge is 0.302 e. The third-order valence-electron chi connectivity index (χ3n) is 8.96. The van der Waals surface area contributed by atoms with Crippen LogP contribution in [0.25, 0.3) is 0 Å². The molecule has 0 aromatic heterocycles. The Morgan fingerprint density at radius 1 is 0.750 bits per heavy atom. The second-order valence-electron chi connectivity index (χ2n) is 11.1. The van der Waals surface area contributed by atoms with Crippen molar-refractivity contribution in [1.82, 2.24) is 9.80 Å². The molecule has 1 aliphatic carbocycles. The van der Waals surface area contributed by atoms with Gasteiger partial charge in [-0.1, -0.05) is 60.3 Å². The fraction of sp³-hybridized carbons (Fsp3) is 0.667. The average molecular weight is 433 g/mol. The SMILES string of the molecule is C1=C\C/C=C\CC[C@]23CN(CC/C=C\C/1)C[C@@H]1C/C4=C/C/C=C\CCCCN(C2)[C@@H]4C[C@H]13. The van der Waals surface area contributed by atoms with Gasteiger partial charge in [-0.3, -0.25) is 4.90 Å². The van der Waals surface area contributed by atoms with Gasteiger partial charge in [0.1, 0.15) is 0 Å². The highest BCUT2D eigenvalue weighted by molar-refractivity contribution is 5.23. The van der Waals surface area contributed by atoms with Crippen LogP contribution in [0.2, 0.25) is 0 Å². The Labute approximate surface area is 196 Å². The van der Waals surface area contributed by atoms with Crippen molar-refractivity contribution in [3.05, 3.63) is 60.3 Å². The molecule has 1 spiro atoms. The van der Waals surface area contributed by atoms with Crippen molar-refractivity contribution < 1.29 is 0 Å². The minimum absolute atomic E-state index is 0.494. The van der Waals surface area contributed by atoms with Gasteiger partial charge in [-0.15, -0.1) is 0 Å². The van der Waals surface area contributed by atoms with E-state index >= 15 is 0 Å². The summed E-state index contributed by atoms with van der Waals surface area (Å²) in [4.78, 5) is 5.82. The van der Waals surface area contributed by atoms with Gasteiger partial charge in [-0.2, -0.15) is 0 Å². The Balaban J connectivity index is 1.43. The molecule has 0 radical (unpaired) electrons. The molecule has 5 aliphatic rings. The number of allylic oxidation sites excluding steroid dienone is 8. The second-order valence-corrected chi connectivity index (χ2v) is 11.1. The molecule has 32 heavy (non-hydrogen) atoms. The Morgan fingerprint density at radius 3 is 2.44 bits per heavy atom. The summed E-state index contributed by atoms with van der Waals surface area (Å²) in [5, 5.41) is 0. The molecule has 5 rings (SSSR count). The van der Waals surface area contributed by atoms with Crippen molar-refractivity contribution in [3.63, 3.8) is 0 Å². The van der Waals surface area contributed by atoms with Gasteiger partial charge in [0.05, 0.1) is 0 Å². The topological polar surface area (TPSA) is 6.48 Å². The van der Waals surface area contributed by atoms with Crippen molar-refractivity contribution >= 4 is 0 Å². The zero-order chi connectivity index (χ0) is 21.6. The van der Waals surface area contributed by atoms with Crippen LogP contribution in [0.5, 0.6) is 0 Å². The minimum atomic E-state index is 0.494. The first-order valence-corrected chi connectivity index (χ1v) is 13.6. The highest BCUT2D eigenvalue weighted by atomic mass is 15.2. The first kappa shape index (κ1) is 22.4. The van der Waals surface area contributed by atoms with E-state index in [2.05, 4.69) is 64.5 Å². The lowest BCUT2D eigenvalue weighted by Gasteiger charge is -2.62. The summed E-state index contributed by atoms with van der Waals surface area (Å²) >= 11 is 0. The zero-order valence-electron chi connectivity index (χ0n) is 20.1. The Kier molecular flexibility index (Phi) is 7.49. The van der Waals surface area contributed by atoms with Crippen LogP contribution in [0.4, 0.5) is 0 Å². The fourth-order valence-corrected chi connectivity index (χ4v) is 7.52. The highest BCUT2D eigenvalue weighted by Crippen LogP contribution is 2.55. The van der Waals surface area contributed by atoms with E-state index in [1.54, 1.807) is 5.57 Å². The van der Waals surface area contributed by atoms with E-state index in [0.717, 1.165) is 37.1 Å². The van der Waals surface area contributed by atoms with E-state index in [0.29, 0.717) is 5.41 Å². The second kappa shape index (κ2) is 10.7. The van der Waals surface area contributed by atoms with Crippen LogP contribution in [-0.4, -0.2) is 48.6 Å². The van der Waals surface area contributed by atoms with Crippen LogP contribution in [0.3, 0.4) is 0 Å². The molecule has 0 aromatic rings. The molecule has 0 amide bonds. The third-order valence-corrected chi connectivity index (χ3v) is 8.96. The number of hydrogen-bond acceptors (Lipinski definition) is 2. The van der Waals surface area contributed by atoms with Crippen LogP contribution >= 0.6 is 0 Å². The molecule has 4 heterocycles. The third kappa shape index (κ3) is 5.07. The smallest absolute Gasteiger partial charge is 0.0310 e. The Hall–Kier alpha value is -1.38. The number of fused-ring (bicyclic) bond motifs is 1. The fourth-order valence-electron chi connectivity index (χ4n) is 7.52. The van der Waals surface area contributed by atoms with Crippen molar-refractivity contribution in [2.45, 2.75) is 76.7 Å². The molecule has 2 heteroatoms. The van der Waals surface area contributed by atoms with Crippen LogP contribution < -0.4 is 0 Å².